The van der Waals surface area contributed by atoms with Crippen molar-refractivity contribution in [2.75, 3.05) is 17.6 Å². The van der Waals surface area contributed by atoms with E-state index < -0.39 is 10.0 Å². The minimum atomic E-state index is -3.20. The minimum Gasteiger partial charge on any atom is -0.328 e. The second-order valence-electron chi connectivity index (χ2n) is 3.01. The third-order valence-corrected chi connectivity index (χ3v) is 3.13. The van der Waals surface area contributed by atoms with Gasteiger partial charge in [0, 0.05) is 38.2 Å². The van der Waals surface area contributed by atoms with Crippen molar-refractivity contribution < 1.29 is 39.5 Å². The van der Waals surface area contributed by atoms with Crippen LogP contribution in [0.3, 0.4) is 0 Å². The molecule has 1 aromatic carbocycles. The first kappa shape index (κ1) is 15.0. The van der Waals surface area contributed by atoms with Crippen molar-refractivity contribution in [1.82, 2.24) is 0 Å². The van der Waals surface area contributed by atoms with E-state index in [-0.39, 0.29) is 31.1 Å². The number of benzene rings is 1. The molecule has 6 heteroatoms. The molecule has 0 aliphatic heterocycles. The van der Waals surface area contributed by atoms with Crippen molar-refractivity contribution in [3.05, 3.63) is 29.8 Å². The van der Waals surface area contributed by atoms with Crippen LogP contribution in [0.25, 0.3) is 0 Å². The molecule has 0 fully saturated rings. The summed E-state index contributed by atoms with van der Waals surface area (Å²) in [6, 6.07) is 7.97. The predicted octanol–water partition coefficient (Wildman–Crippen LogP) is 0.341. The van der Waals surface area contributed by atoms with E-state index in [1.165, 1.54) is 11.4 Å². The Hall–Kier alpha value is -0.0181. The number of rotatable bonds is 3. The first-order chi connectivity index (χ1) is 6.45. The minimum absolute atomic E-state index is 0. The van der Waals surface area contributed by atoms with Gasteiger partial charge in [0.25, 0.3) is 0 Å². The van der Waals surface area contributed by atoms with Crippen LogP contribution in [0.1, 0.15) is 5.56 Å². The quantitative estimate of drug-likeness (QED) is 0.675. The molecular weight excluding hydrogens is 438 g/mol. The van der Waals surface area contributed by atoms with Gasteiger partial charge < -0.3 is 5.73 Å². The molecule has 1 aromatic rings. The zero-order chi connectivity index (χ0) is 10.8. The average molecular weight is 451 g/mol. The van der Waals surface area contributed by atoms with Gasteiger partial charge in [-0.25, -0.2) is 8.42 Å². The monoisotopic (exact) mass is 451 g/mol. The van der Waals surface area contributed by atoms with E-state index in [0.29, 0.717) is 12.2 Å². The van der Waals surface area contributed by atoms with Gasteiger partial charge in [-0.3, -0.25) is 4.31 Å². The predicted molar refractivity (Wildman–Crippen MR) is 56.4 cm³/mol. The van der Waals surface area contributed by atoms with Crippen LogP contribution in [0.4, 0.5) is 5.69 Å². The molecule has 0 aromatic heterocycles. The summed E-state index contributed by atoms with van der Waals surface area (Å²) in [4.78, 5) is 0. The van der Waals surface area contributed by atoms with E-state index in [4.69, 9.17) is 5.73 Å². The van der Waals surface area contributed by atoms with Crippen LogP contribution in [0, 0.1) is 37.2 Å². The largest absolute Gasteiger partial charge is 0.328 e. The second-order valence-corrected chi connectivity index (χ2v) is 5.02. The summed E-state index contributed by atoms with van der Waals surface area (Å²) < 4.78 is 23.6. The summed E-state index contributed by atoms with van der Waals surface area (Å²) in [6.45, 7) is 0.353. The van der Waals surface area contributed by atoms with Crippen molar-refractivity contribution >= 4 is 15.7 Å². The first-order valence-electron chi connectivity index (χ1n) is 4.09. The Kier molecular flexibility index (Phi) is 5.89. The molecule has 0 aliphatic carbocycles. The smallest absolute Gasteiger partial charge is 0.230 e. The Morgan fingerprint density at radius 2 is 2.13 bits per heavy atom. The molecule has 0 amide bonds. The van der Waals surface area contributed by atoms with Gasteiger partial charge in [0.15, 0.2) is 0 Å². The van der Waals surface area contributed by atoms with Crippen molar-refractivity contribution in [3.63, 3.8) is 0 Å². The fraction of sp³-hybridized carbons (Fsp3) is 0.333. The Balaban J connectivity index is 0.00000196. The van der Waals surface area contributed by atoms with E-state index in [9.17, 15) is 8.42 Å². The molecule has 0 atom stereocenters. The SMILES string of the molecule is CN(c1cc[c-]c(CN)c1)S(C)(=O)=O.[U]. The van der Waals surface area contributed by atoms with Crippen molar-refractivity contribution in [2.24, 2.45) is 5.73 Å². The van der Waals surface area contributed by atoms with Crippen molar-refractivity contribution in [3.8, 4) is 0 Å². The molecule has 15 heavy (non-hydrogen) atoms. The Morgan fingerprint density at radius 1 is 1.53 bits per heavy atom. The van der Waals surface area contributed by atoms with Crippen LogP contribution in [-0.2, 0) is 16.6 Å². The number of hydrogen-bond acceptors (Lipinski definition) is 3. The van der Waals surface area contributed by atoms with E-state index >= 15 is 0 Å². The van der Waals surface area contributed by atoms with E-state index in [1.54, 1.807) is 18.2 Å². The maximum Gasteiger partial charge on any atom is 0.230 e. The molecule has 1 rings (SSSR count). The van der Waals surface area contributed by atoms with Gasteiger partial charge in [-0.1, -0.05) is 5.69 Å². The summed E-state index contributed by atoms with van der Waals surface area (Å²) in [6.07, 6.45) is 1.16. The van der Waals surface area contributed by atoms with Crippen molar-refractivity contribution in [2.45, 2.75) is 6.54 Å². The number of sulfonamides is 1. The van der Waals surface area contributed by atoms with Crippen LogP contribution in [0.15, 0.2) is 18.2 Å². The molecule has 0 saturated carbocycles. The third kappa shape index (κ3) is 4.15. The van der Waals surface area contributed by atoms with Crippen LogP contribution in [0.5, 0.6) is 0 Å². The maximum atomic E-state index is 11.2. The molecule has 4 nitrogen and oxygen atoms in total. The van der Waals surface area contributed by atoms with E-state index in [1.807, 2.05) is 0 Å². The molecule has 0 bridgehead atoms. The number of hydrogen-bond donors (Lipinski definition) is 1. The summed E-state index contributed by atoms with van der Waals surface area (Å²) >= 11 is 0. The Labute approximate surface area is 114 Å². The summed E-state index contributed by atoms with van der Waals surface area (Å²) in [5.41, 5.74) is 6.82. The fourth-order valence-electron chi connectivity index (χ4n) is 1.01. The Morgan fingerprint density at radius 3 is 2.60 bits per heavy atom. The maximum absolute atomic E-state index is 11.2. The number of anilines is 1. The van der Waals surface area contributed by atoms with Gasteiger partial charge in [0.2, 0.25) is 10.0 Å². The number of nitrogens with zero attached hydrogens (tertiary/aromatic N) is 1. The third-order valence-electron chi connectivity index (χ3n) is 1.93. The average Bonchev–Trinajstić information content (AvgIpc) is 2.15. The number of nitrogens with two attached hydrogens (primary N) is 1. The molecule has 82 valence electrons. The molecule has 0 unspecified atom stereocenters. The van der Waals surface area contributed by atoms with Crippen LogP contribution in [0.2, 0.25) is 0 Å². The van der Waals surface area contributed by atoms with E-state index in [2.05, 4.69) is 6.07 Å². The van der Waals surface area contributed by atoms with Crippen LogP contribution >= 0.6 is 0 Å². The standard InChI is InChI=1S/C9H13N2O2S.U/c1-11(14(2,12)13)9-5-3-4-8(6-9)7-10;/h3,5-6H,7,10H2,1-2H3;/q-1;. The molecule has 0 saturated heterocycles. The van der Waals surface area contributed by atoms with Gasteiger partial charge >= 0.3 is 0 Å². The van der Waals surface area contributed by atoms with Gasteiger partial charge in [-0.15, -0.1) is 17.7 Å². The first-order valence-corrected chi connectivity index (χ1v) is 5.94. The molecule has 0 radical (unpaired) electrons. The van der Waals surface area contributed by atoms with E-state index in [0.717, 1.165) is 11.8 Å². The molecule has 0 aliphatic rings. The summed E-state index contributed by atoms with van der Waals surface area (Å²) in [5.74, 6) is 0. The summed E-state index contributed by atoms with van der Waals surface area (Å²) in [7, 11) is -1.70. The fourth-order valence-corrected chi connectivity index (χ4v) is 1.50. The zero-order valence-corrected chi connectivity index (χ0v) is 13.7. The normalized spacial score (nSPS) is 10.6. The van der Waals surface area contributed by atoms with Crippen LogP contribution < -0.4 is 10.0 Å². The van der Waals surface area contributed by atoms with Gasteiger partial charge in [-0.2, -0.15) is 12.1 Å². The zero-order valence-electron chi connectivity index (χ0n) is 8.69. The van der Waals surface area contributed by atoms with Crippen LogP contribution in [-0.4, -0.2) is 21.7 Å². The van der Waals surface area contributed by atoms with Gasteiger partial charge in [0.1, 0.15) is 0 Å². The van der Waals surface area contributed by atoms with Gasteiger partial charge in [0.05, 0.1) is 6.26 Å². The Bertz CT molecular complexity index is 420. The topological polar surface area (TPSA) is 63.4 Å². The molecule has 0 heterocycles. The summed E-state index contributed by atoms with van der Waals surface area (Å²) in [5, 5.41) is 0. The molecule has 2 N–H and O–H groups in total. The molecule has 0 spiro atoms. The molecular formula is C9H13N2O2SU-. The van der Waals surface area contributed by atoms with Crippen molar-refractivity contribution in [1.29, 1.82) is 0 Å². The van der Waals surface area contributed by atoms with Gasteiger partial charge in [-0.05, 0) is 6.54 Å². The second kappa shape index (κ2) is 5.90.